The molecule has 0 aliphatic rings. The zero-order chi connectivity index (χ0) is 11.4. The summed E-state index contributed by atoms with van der Waals surface area (Å²) < 4.78 is 0. The first-order valence-corrected chi connectivity index (χ1v) is 5.35. The van der Waals surface area contributed by atoms with Gasteiger partial charge in [0.05, 0.1) is 6.04 Å². The number of Topliss-reactive ketones (excluding diaryl/α,β-unsaturated/α-hetero) is 1. The maximum Gasteiger partial charge on any atom is 0.154 e. The van der Waals surface area contributed by atoms with E-state index >= 15 is 0 Å². The zero-order valence-corrected chi connectivity index (χ0v) is 9.66. The van der Waals surface area contributed by atoms with Crippen molar-refractivity contribution < 1.29 is 4.79 Å². The summed E-state index contributed by atoms with van der Waals surface area (Å²) in [6.45, 7) is 6.07. The third-order valence-corrected chi connectivity index (χ3v) is 2.39. The van der Waals surface area contributed by atoms with Gasteiger partial charge in [0.15, 0.2) is 5.78 Å². The molecule has 1 rings (SSSR count). The van der Waals surface area contributed by atoms with Crippen LogP contribution in [0.3, 0.4) is 0 Å². The summed E-state index contributed by atoms with van der Waals surface area (Å²) in [5.74, 6) is 0.489. The average molecular weight is 205 g/mol. The highest BCUT2D eigenvalue weighted by atomic mass is 16.1. The lowest BCUT2D eigenvalue weighted by molar-refractivity contribution is -0.121. The van der Waals surface area contributed by atoms with Crippen LogP contribution >= 0.6 is 0 Å². The van der Waals surface area contributed by atoms with Crippen molar-refractivity contribution in [2.45, 2.75) is 33.2 Å². The van der Waals surface area contributed by atoms with Crippen molar-refractivity contribution in [1.82, 2.24) is 0 Å². The van der Waals surface area contributed by atoms with Crippen LogP contribution in [0.15, 0.2) is 24.3 Å². The van der Waals surface area contributed by atoms with Crippen LogP contribution < -0.4 is 5.73 Å². The van der Waals surface area contributed by atoms with Crippen LogP contribution in [0.1, 0.15) is 37.4 Å². The Morgan fingerprint density at radius 1 is 1.27 bits per heavy atom. The van der Waals surface area contributed by atoms with E-state index in [-0.39, 0.29) is 5.78 Å². The minimum atomic E-state index is -0.465. The third kappa shape index (κ3) is 3.48. The fourth-order valence-corrected chi connectivity index (χ4v) is 1.49. The summed E-state index contributed by atoms with van der Waals surface area (Å²) in [5.41, 5.74) is 7.98. The predicted molar refractivity (Wildman–Crippen MR) is 62.6 cm³/mol. The average Bonchev–Trinajstić information content (AvgIpc) is 2.17. The van der Waals surface area contributed by atoms with Gasteiger partial charge in [-0.05, 0) is 18.4 Å². The van der Waals surface area contributed by atoms with E-state index in [1.165, 1.54) is 5.56 Å². The molecule has 0 saturated carbocycles. The molecule has 2 heteroatoms. The molecule has 1 unspecified atom stereocenters. The van der Waals surface area contributed by atoms with Crippen molar-refractivity contribution in [3.8, 4) is 0 Å². The number of nitrogens with two attached hydrogens (primary N) is 1. The van der Waals surface area contributed by atoms with Gasteiger partial charge in [-0.1, -0.05) is 43.7 Å². The van der Waals surface area contributed by atoms with Crippen LogP contribution in [0.4, 0.5) is 0 Å². The maximum atomic E-state index is 11.7. The van der Waals surface area contributed by atoms with Gasteiger partial charge in [-0.25, -0.2) is 0 Å². The molecule has 1 aromatic carbocycles. The maximum absolute atomic E-state index is 11.7. The molecule has 0 fully saturated rings. The number of carbonyl (C=O) groups excluding carboxylic acids is 1. The Morgan fingerprint density at radius 3 is 2.27 bits per heavy atom. The van der Waals surface area contributed by atoms with Crippen molar-refractivity contribution >= 4 is 5.78 Å². The Bertz CT molecular complexity index is 327. The van der Waals surface area contributed by atoms with E-state index in [0.29, 0.717) is 12.3 Å². The van der Waals surface area contributed by atoms with Gasteiger partial charge in [0.25, 0.3) is 0 Å². The summed E-state index contributed by atoms with van der Waals surface area (Å²) >= 11 is 0. The van der Waals surface area contributed by atoms with E-state index in [4.69, 9.17) is 5.73 Å². The van der Waals surface area contributed by atoms with Gasteiger partial charge in [-0.3, -0.25) is 4.79 Å². The SMILES string of the molecule is Cc1ccc(C(N)C(=O)CC(C)C)cc1. The first kappa shape index (κ1) is 11.9. The molecule has 0 aliphatic carbocycles. The topological polar surface area (TPSA) is 43.1 Å². The second-order valence-electron chi connectivity index (χ2n) is 4.45. The van der Waals surface area contributed by atoms with E-state index < -0.39 is 6.04 Å². The molecule has 2 N–H and O–H groups in total. The molecule has 0 amide bonds. The van der Waals surface area contributed by atoms with Crippen molar-refractivity contribution in [3.05, 3.63) is 35.4 Å². The van der Waals surface area contributed by atoms with Crippen molar-refractivity contribution in [2.24, 2.45) is 11.7 Å². The largest absolute Gasteiger partial charge is 0.318 e. The van der Waals surface area contributed by atoms with Gasteiger partial charge in [0, 0.05) is 6.42 Å². The number of ketones is 1. The van der Waals surface area contributed by atoms with Crippen molar-refractivity contribution in [1.29, 1.82) is 0 Å². The Morgan fingerprint density at radius 2 is 1.80 bits per heavy atom. The number of aryl methyl sites for hydroxylation is 1. The van der Waals surface area contributed by atoms with E-state index in [2.05, 4.69) is 0 Å². The monoisotopic (exact) mass is 205 g/mol. The minimum absolute atomic E-state index is 0.119. The summed E-state index contributed by atoms with van der Waals surface area (Å²) in [7, 11) is 0. The Kier molecular flexibility index (Phi) is 4.04. The smallest absolute Gasteiger partial charge is 0.154 e. The van der Waals surface area contributed by atoms with Gasteiger partial charge < -0.3 is 5.73 Å². The summed E-state index contributed by atoms with van der Waals surface area (Å²) in [4.78, 5) is 11.7. The predicted octanol–water partition coefficient (Wildman–Crippen LogP) is 2.61. The Hall–Kier alpha value is -1.15. The van der Waals surface area contributed by atoms with E-state index in [9.17, 15) is 4.79 Å². The lowest BCUT2D eigenvalue weighted by Crippen LogP contribution is -2.22. The quantitative estimate of drug-likeness (QED) is 0.821. The molecule has 1 atom stereocenters. The van der Waals surface area contributed by atoms with Gasteiger partial charge in [-0.2, -0.15) is 0 Å². The van der Waals surface area contributed by atoms with Crippen molar-refractivity contribution in [3.63, 3.8) is 0 Å². The fourth-order valence-electron chi connectivity index (χ4n) is 1.49. The second-order valence-corrected chi connectivity index (χ2v) is 4.45. The summed E-state index contributed by atoms with van der Waals surface area (Å²) in [5, 5.41) is 0. The fraction of sp³-hybridized carbons (Fsp3) is 0.462. The van der Waals surface area contributed by atoms with Crippen LogP contribution in [0, 0.1) is 12.8 Å². The van der Waals surface area contributed by atoms with Crippen LogP contribution in [0.2, 0.25) is 0 Å². The first-order valence-electron chi connectivity index (χ1n) is 5.35. The van der Waals surface area contributed by atoms with E-state index in [0.717, 1.165) is 5.56 Å². The first-order chi connectivity index (χ1) is 7.00. The third-order valence-electron chi connectivity index (χ3n) is 2.39. The standard InChI is InChI=1S/C13H19NO/c1-9(2)8-12(15)13(14)11-6-4-10(3)5-7-11/h4-7,9,13H,8,14H2,1-3H3. The van der Waals surface area contributed by atoms with Crippen LogP contribution in [0.5, 0.6) is 0 Å². The molecular formula is C13H19NO. The number of hydrogen-bond acceptors (Lipinski definition) is 2. The van der Waals surface area contributed by atoms with E-state index in [1.807, 2.05) is 45.0 Å². The molecule has 82 valence electrons. The number of hydrogen-bond donors (Lipinski definition) is 1. The highest BCUT2D eigenvalue weighted by Crippen LogP contribution is 2.15. The van der Waals surface area contributed by atoms with Gasteiger partial charge >= 0.3 is 0 Å². The molecule has 0 heterocycles. The van der Waals surface area contributed by atoms with Crippen LogP contribution in [-0.2, 0) is 4.79 Å². The van der Waals surface area contributed by atoms with Gasteiger partial charge in [-0.15, -0.1) is 0 Å². The normalized spacial score (nSPS) is 12.9. The number of rotatable bonds is 4. The molecule has 0 saturated heterocycles. The molecule has 0 aromatic heterocycles. The highest BCUT2D eigenvalue weighted by molar-refractivity contribution is 5.85. The number of carbonyl (C=O) groups is 1. The molecule has 1 aromatic rings. The van der Waals surface area contributed by atoms with Crippen LogP contribution in [0.25, 0.3) is 0 Å². The Balaban J connectivity index is 2.71. The molecule has 0 radical (unpaired) electrons. The number of benzene rings is 1. The van der Waals surface area contributed by atoms with Gasteiger partial charge in [0.2, 0.25) is 0 Å². The molecule has 2 nitrogen and oxygen atoms in total. The molecule has 15 heavy (non-hydrogen) atoms. The molecule has 0 bridgehead atoms. The molecular weight excluding hydrogens is 186 g/mol. The molecule has 0 spiro atoms. The second kappa shape index (κ2) is 5.08. The summed E-state index contributed by atoms with van der Waals surface area (Å²) in [6, 6.07) is 7.36. The minimum Gasteiger partial charge on any atom is -0.318 e. The Labute approximate surface area is 91.5 Å². The lowest BCUT2D eigenvalue weighted by Gasteiger charge is -2.12. The van der Waals surface area contributed by atoms with Crippen LogP contribution in [-0.4, -0.2) is 5.78 Å². The van der Waals surface area contributed by atoms with E-state index in [1.54, 1.807) is 0 Å². The summed E-state index contributed by atoms with van der Waals surface area (Å²) in [6.07, 6.45) is 0.551. The highest BCUT2D eigenvalue weighted by Gasteiger charge is 2.16. The lowest BCUT2D eigenvalue weighted by atomic mass is 9.96. The zero-order valence-electron chi connectivity index (χ0n) is 9.66. The van der Waals surface area contributed by atoms with Crippen molar-refractivity contribution in [2.75, 3.05) is 0 Å². The van der Waals surface area contributed by atoms with Gasteiger partial charge in [0.1, 0.15) is 0 Å². The molecule has 0 aliphatic heterocycles.